The smallest absolute Gasteiger partial charge is 0.231 e. The van der Waals surface area contributed by atoms with Crippen molar-refractivity contribution in [2.45, 2.75) is 60.4 Å². The number of aromatic hydroxyl groups is 1. The van der Waals surface area contributed by atoms with Gasteiger partial charge in [0.05, 0.1) is 11.1 Å². The molecule has 0 aliphatic carbocycles. The van der Waals surface area contributed by atoms with Gasteiger partial charge < -0.3 is 9.84 Å². The predicted octanol–water partition coefficient (Wildman–Crippen LogP) is 6.42. The lowest BCUT2D eigenvalue weighted by Crippen LogP contribution is -2.31. The van der Waals surface area contributed by atoms with Crippen LogP contribution in [0, 0.1) is 11.8 Å². The molecule has 0 radical (unpaired) electrons. The molecular formula is C28H37NO3. The molecule has 4 nitrogen and oxygen atoms in total. The van der Waals surface area contributed by atoms with Crippen LogP contribution in [0.2, 0.25) is 0 Å². The maximum atomic E-state index is 13.0. The molecule has 3 rings (SSSR count). The number of allylic oxidation sites excluding steroid dienone is 1. The lowest BCUT2D eigenvalue weighted by atomic mass is 9.86. The van der Waals surface area contributed by atoms with Gasteiger partial charge in [0.25, 0.3) is 0 Å². The van der Waals surface area contributed by atoms with Crippen molar-refractivity contribution in [1.29, 1.82) is 0 Å². The Morgan fingerprint density at radius 2 is 1.56 bits per heavy atom. The second kappa shape index (κ2) is 9.50. The maximum absolute atomic E-state index is 13.0. The normalized spacial score (nSPS) is 15.2. The maximum Gasteiger partial charge on any atom is 0.231 e. The second-order valence-corrected chi connectivity index (χ2v) is 10.7. The first kappa shape index (κ1) is 24.1. The van der Waals surface area contributed by atoms with E-state index in [1.165, 1.54) is 5.56 Å². The largest absolute Gasteiger partial charge is 0.507 e. The van der Waals surface area contributed by atoms with Crippen LogP contribution in [0.1, 0.15) is 75.5 Å². The van der Waals surface area contributed by atoms with E-state index in [0.29, 0.717) is 41.0 Å². The number of ketones is 1. The van der Waals surface area contributed by atoms with Crippen molar-refractivity contribution in [1.82, 2.24) is 4.90 Å². The second-order valence-electron chi connectivity index (χ2n) is 10.7. The third kappa shape index (κ3) is 5.60. The predicted molar refractivity (Wildman–Crippen MR) is 131 cm³/mol. The average molecular weight is 436 g/mol. The summed E-state index contributed by atoms with van der Waals surface area (Å²) in [7, 11) is 0. The summed E-state index contributed by atoms with van der Waals surface area (Å²) in [4.78, 5) is 15.4. The van der Waals surface area contributed by atoms with Gasteiger partial charge in [-0.3, -0.25) is 9.69 Å². The van der Waals surface area contributed by atoms with E-state index in [9.17, 15) is 9.90 Å². The highest BCUT2D eigenvalue weighted by atomic mass is 16.5. The van der Waals surface area contributed by atoms with Crippen molar-refractivity contribution < 1.29 is 14.6 Å². The molecule has 0 unspecified atom stereocenters. The molecule has 1 aliphatic rings. The molecular weight excluding hydrogens is 398 g/mol. The molecule has 4 heteroatoms. The molecule has 0 spiro atoms. The van der Waals surface area contributed by atoms with E-state index >= 15 is 0 Å². The summed E-state index contributed by atoms with van der Waals surface area (Å²) >= 11 is 0. The number of Topliss-reactive ketones (excluding diaryl/α,β-unsaturated/α-hetero) is 1. The van der Waals surface area contributed by atoms with Crippen molar-refractivity contribution in [3.63, 3.8) is 0 Å². The monoisotopic (exact) mass is 435 g/mol. The van der Waals surface area contributed by atoms with E-state index in [4.69, 9.17) is 4.74 Å². The van der Waals surface area contributed by atoms with Crippen molar-refractivity contribution in [3.05, 3.63) is 64.4 Å². The number of phenolic OH excluding ortho intramolecular Hbond substituents is 1. The molecule has 1 aliphatic heterocycles. The highest BCUT2D eigenvalue weighted by molar-refractivity contribution is 6.15. The van der Waals surface area contributed by atoms with Crippen molar-refractivity contribution in [2.75, 3.05) is 13.1 Å². The summed E-state index contributed by atoms with van der Waals surface area (Å²) in [6, 6.07) is 11.5. The van der Waals surface area contributed by atoms with E-state index < -0.39 is 0 Å². The van der Waals surface area contributed by atoms with Gasteiger partial charge in [-0.25, -0.2) is 0 Å². The fraction of sp³-hybridized carbons (Fsp3) is 0.464. The molecule has 172 valence electrons. The fourth-order valence-corrected chi connectivity index (χ4v) is 4.14. The molecule has 1 N–H and O–H groups in total. The lowest BCUT2D eigenvalue weighted by molar-refractivity contribution is 0.101. The minimum Gasteiger partial charge on any atom is -0.507 e. The summed E-state index contributed by atoms with van der Waals surface area (Å²) < 4.78 is 6.07. The topological polar surface area (TPSA) is 49.8 Å². The zero-order valence-electron chi connectivity index (χ0n) is 20.5. The van der Waals surface area contributed by atoms with Crippen molar-refractivity contribution >= 4 is 11.9 Å². The van der Waals surface area contributed by atoms with Crippen LogP contribution in [0.25, 0.3) is 6.08 Å². The number of fused-ring (bicyclic) bond motifs is 1. The summed E-state index contributed by atoms with van der Waals surface area (Å²) in [5.74, 6) is 1.83. The van der Waals surface area contributed by atoms with Gasteiger partial charge in [0.1, 0.15) is 11.5 Å². The average Bonchev–Trinajstić information content (AvgIpc) is 2.98. The molecule has 0 saturated heterocycles. The molecule has 0 saturated carbocycles. The molecule has 2 aromatic carbocycles. The Labute approximate surface area is 192 Å². The van der Waals surface area contributed by atoms with Gasteiger partial charge >= 0.3 is 0 Å². The van der Waals surface area contributed by atoms with Gasteiger partial charge in [-0.15, -0.1) is 0 Å². The number of hydrogen-bond donors (Lipinski definition) is 1. The Hall–Kier alpha value is -2.59. The molecule has 32 heavy (non-hydrogen) atoms. The van der Waals surface area contributed by atoms with Crippen LogP contribution in [0.15, 0.2) is 42.2 Å². The Bertz CT molecular complexity index is 985. The highest BCUT2D eigenvalue weighted by Crippen LogP contribution is 2.40. The van der Waals surface area contributed by atoms with Gasteiger partial charge in [-0.2, -0.15) is 0 Å². The standard InChI is InChI=1S/C28H37NO3/c1-18(2)15-29(16-19(3)4)17-23-24(30)13-12-22-26(31)25(32-27(22)23)14-20-8-10-21(11-9-20)28(5,6)7/h8-14,18-19,30H,15-17H2,1-7H3/b25-14+. The Balaban J connectivity index is 1.90. The highest BCUT2D eigenvalue weighted by Gasteiger charge is 2.32. The summed E-state index contributed by atoms with van der Waals surface area (Å²) in [6.07, 6.45) is 1.79. The van der Waals surface area contributed by atoms with Crippen LogP contribution in [-0.4, -0.2) is 28.9 Å². The third-order valence-corrected chi connectivity index (χ3v) is 5.62. The first-order valence-electron chi connectivity index (χ1n) is 11.6. The van der Waals surface area contributed by atoms with Crippen LogP contribution in [0.4, 0.5) is 0 Å². The first-order valence-corrected chi connectivity index (χ1v) is 11.6. The minimum atomic E-state index is -0.139. The van der Waals surface area contributed by atoms with Gasteiger partial charge in [0.2, 0.25) is 5.78 Å². The zero-order valence-corrected chi connectivity index (χ0v) is 20.5. The van der Waals surface area contributed by atoms with Crippen LogP contribution in [0.5, 0.6) is 11.5 Å². The first-order chi connectivity index (χ1) is 15.0. The number of phenols is 1. The SMILES string of the molecule is CC(C)CN(Cc1c(O)ccc2c1O/C(=C/c1ccc(C(C)(C)C)cc1)C2=O)CC(C)C. The molecule has 0 aromatic heterocycles. The number of benzene rings is 2. The molecule has 0 amide bonds. The number of rotatable bonds is 7. The van der Waals surface area contributed by atoms with Crippen LogP contribution in [-0.2, 0) is 12.0 Å². The van der Waals surface area contributed by atoms with E-state index in [1.807, 2.05) is 12.1 Å². The van der Waals surface area contributed by atoms with E-state index in [1.54, 1.807) is 18.2 Å². The quantitative estimate of drug-likeness (QED) is 0.510. The fourth-order valence-electron chi connectivity index (χ4n) is 4.14. The van der Waals surface area contributed by atoms with E-state index in [0.717, 1.165) is 18.7 Å². The Morgan fingerprint density at radius 1 is 0.969 bits per heavy atom. The van der Waals surface area contributed by atoms with Crippen LogP contribution in [0.3, 0.4) is 0 Å². The van der Waals surface area contributed by atoms with Gasteiger partial charge in [-0.1, -0.05) is 72.7 Å². The Morgan fingerprint density at radius 3 is 2.09 bits per heavy atom. The van der Waals surface area contributed by atoms with Gasteiger partial charge in [-0.05, 0) is 46.6 Å². The summed E-state index contributed by atoms with van der Waals surface area (Å²) in [6.45, 7) is 17.7. The third-order valence-electron chi connectivity index (χ3n) is 5.62. The minimum absolute atomic E-state index is 0.0753. The number of carbonyl (C=O) groups excluding carboxylic acids is 1. The zero-order chi connectivity index (χ0) is 23.6. The molecule has 2 aromatic rings. The van der Waals surface area contributed by atoms with Crippen LogP contribution >= 0.6 is 0 Å². The van der Waals surface area contributed by atoms with Crippen LogP contribution < -0.4 is 4.74 Å². The summed E-state index contributed by atoms with van der Waals surface area (Å²) in [5, 5.41) is 10.6. The Kier molecular flexibility index (Phi) is 7.14. The molecule has 0 fully saturated rings. The molecule has 0 bridgehead atoms. The molecule has 0 atom stereocenters. The van der Waals surface area contributed by atoms with Gasteiger partial charge in [0, 0.05) is 19.6 Å². The number of ether oxygens (including phenoxy) is 1. The summed E-state index contributed by atoms with van der Waals surface area (Å²) in [5.41, 5.74) is 3.43. The van der Waals surface area contributed by atoms with Gasteiger partial charge in [0.15, 0.2) is 5.76 Å². The lowest BCUT2D eigenvalue weighted by Gasteiger charge is -2.27. The van der Waals surface area contributed by atoms with Crippen molar-refractivity contribution in [2.24, 2.45) is 11.8 Å². The number of carbonyl (C=O) groups is 1. The number of hydrogen-bond acceptors (Lipinski definition) is 4. The number of nitrogens with zero attached hydrogens (tertiary/aromatic N) is 1. The van der Waals surface area contributed by atoms with E-state index in [2.05, 4.69) is 65.5 Å². The molecule has 1 heterocycles. The van der Waals surface area contributed by atoms with E-state index in [-0.39, 0.29) is 16.9 Å². The van der Waals surface area contributed by atoms with Crippen molar-refractivity contribution in [3.8, 4) is 11.5 Å².